The van der Waals surface area contributed by atoms with Crippen molar-refractivity contribution in [3.05, 3.63) is 88.0 Å². The van der Waals surface area contributed by atoms with Crippen LogP contribution in [0.15, 0.2) is 72.3 Å². The highest BCUT2D eigenvalue weighted by atomic mass is 16.6. The molecule has 0 saturated carbocycles. The Morgan fingerprint density at radius 3 is 2.38 bits per heavy atom. The molecule has 0 fully saturated rings. The van der Waals surface area contributed by atoms with Crippen molar-refractivity contribution >= 4 is 35.0 Å². The van der Waals surface area contributed by atoms with Gasteiger partial charge < -0.3 is 24.8 Å². The molecule has 11 heteroatoms. The molecular formula is C26H22N4O7. The summed E-state index contributed by atoms with van der Waals surface area (Å²) in [6.07, 6.45) is 1.39. The molecule has 0 heterocycles. The molecule has 0 radical (unpaired) electrons. The van der Waals surface area contributed by atoms with Crippen molar-refractivity contribution in [3.63, 3.8) is 0 Å². The Hall–Kier alpha value is -5.37. The number of hydrogen-bond donors (Lipinski definition) is 2. The fraction of sp³-hybridized carbons (Fsp3) is 0.115. The first-order chi connectivity index (χ1) is 17.8. The van der Waals surface area contributed by atoms with Crippen LogP contribution in [0.5, 0.6) is 17.2 Å². The van der Waals surface area contributed by atoms with Crippen molar-refractivity contribution < 1.29 is 28.7 Å². The molecule has 2 N–H and O–H groups in total. The first-order valence-electron chi connectivity index (χ1n) is 10.7. The average Bonchev–Trinajstić information content (AvgIpc) is 2.91. The van der Waals surface area contributed by atoms with Gasteiger partial charge in [0.1, 0.15) is 17.4 Å². The molecule has 0 bridgehead atoms. The quantitative estimate of drug-likeness (QED) is 0.181. The maximum absolute atomic E-state index is 12.5. The molecule has 0 saturated heterocycles. The number of methoxy groups -OCH3 is 2. The number of ether oxygens (including phenoxy) is 3. The predicted molar refractivity (Wildman–Crippen MR) is 135 cm³/mol. The highest BCUT2D eigenvalue weighted by molar-refractivity contribution is 6.09. The van der Waals surface area contributed by atoms with E-state index in [2.05, 4.69) is 10.6 Å². The number of carbonyl (C=O) groups is 2. The monoisotopic (exact) mass is 502 g/mol. The third-order valence-corrected chi connectivity index (χ3v) is 4.91. The van der Waals surface area contributed by atoms with E-state index < -0.39 is 16.7 Å². The lowest BCUT2D eigenvalue weighted by molar-refractivity contribution is -0.384. The molecular weight excluding hydrogens is 480 g/mol. The lowest BCUT2D eigenvalue weighted by atomic mass is 10.1. The molecule has 3 aromatic carbocycles. The smallest absolute Gasteiger partial charge is 0.271 e. The first-order valence-corrected chi connectivity index (χ1v) is 10.7. The molecule has 11 nitrogen and oxygen atoms in total. The molecule has 3 rings (SSSR count). The van der Waals surface area contributed by atoms with E-state index in [0.29, 0.717) is 17.0 Å². The van der Waals surface area contributed by atoms with E-state index >= 15 is 0 Å². The highest BCUT2D eigenvalue weighted by Crippen LogP contribution is 2.29. The molecule has 0 spiro atoms. The molecule has 0 aliphatic heterocycles. The van der Waals surface area contributed by atoms with Gasteiger partial charge in [0.2, 0.25) is 0 Å². The van der Waals surface area contributed by atoms with Crippen LogP contribution in [0.4, 0.5) is 17.1 Å². The lowest BCUT2D eigenvalue weighted by Crippen LogP contribution is -2.20. The van der Waals surface area contributed by atoms with E-state index in [4.69, 9.17) is 14.2 Å². The van der Waals surface area contributed by atoms with E-state index in [0.717, 1.165) is 0 Å². The van der Waals surface area contributed by atoms with Crippen LogP contribution in [0.3, 0.4) is 0 Å². The number of hydrogen-bond acceptors (Lipinski definition) is 8. The molecule has 2 amide bonds. The summed E-state index contributed by atoms with van der Waals surface area (Å²) in [5.41, 5.74) is 0.955. The molecule has 0 aromatic heterocycles. The largest absolute Gasteiger partial charge is 0.497 e. The van der Waals surface area contributed by atoms with E-state index in [1.807, 2.05) is 6.07 Å². The third-order valence-electron chi connectivity index (χ3n) is 4.91. The number of non-ortho nitro benzene ring substituents is 1. The van der Waals surface area contributed by atoms with Crippen molar-refractivity contribution in [1.82, 2.24) is 0 Å². The number of rotatable bonds is 10. The Kier molecular flexibility index (Phi) is 8.77. The second-order valence-corrected chi connectivity index (χ2v) is 7.41. The summed E-state index contributed by atoms with van der Waals surface area (Å²) in [7, 11) is 2.93. The van der Waals surface area contributed by atoms with Crippen LogP contribution in [0, 0.1) is 21.4 Å². The number of anilines is 2. The molecule has 0 aliphatic carbocycles. The van der Waals surface area contributed by atoms with Gasteiger partial charge in [0.25, 0.3) is 17.5 Å². The van der Waals surface area contributed by atoms with Crippen molar-refractivity contribution in [3.8, 4) is 23.3 Å². The summed E-state index contributed by atoms with van der Waals surface area (Å²) >= 11 is 0. The molecule has 0 atom stereocenters. The second kappa shape index (κ2) is 12.4. The fourth-order valence-electron chi connectivity index (χ4n) is 3.12. The molecule has 0 unspecified atom stereocenters. The van der Waals surface area contributed by atoms with E-state index in [9.17, 15) is 25.0 Å². The molecule has 37 heavy (non-hydrogen) atoms. The summed E-state index contributed by atoms with van der Waals surface area (Å²) in [6.45, 7) is -0.387. The molecule has 188 valence electrons. The SMILES string of the molecule is COc1ccc(NC(=O)/C(C#N)=C\c2ccc(OCC(=O)Nc3cccc([N+](=O)[O-])c3)c(OC)c2)cc1. The Balaban J connectivity index is 1.66. The minimum absolute atomic E-state index is 0.136. The van der Waals surface area contributed by atoms with Gasteiger partial charge in [-0.2, -0.15) is 5.26 Å². The van der Waals surface area contributed by atoms with Crippen LogP contribution < -0.4 is 24.8 Å². The van der Waals surface area contributed by atoms with Crippen molar-refractivity contribution in [2.75, 3.05) is 31.5 Å². The number of nitro groups is 1. The van der Waals surface area contributed by atoms with E-state index in [1.165, 1.54) is 50.6 Å². The van der Waals surface area contributed by atoms with Crippen LogP contribution in [0.25, 0.3) is 6.08 Å². The Bertz CT molecular complexity index is 1380. The van der Waals surface area contributed by atoms with Crippen molar-refractivity contribution in [2.45, 2.75) is 0 Å². The van der Waals surface area contributed by atoms with Crippen LogP contribution in [0.1, 0.15) is 5.56 Å². The Morgan fingerprint density at radius 2 is 1.73 bits per heavy atom. The Morgan fingerprint density at radius 1 is 0.973 bits per heavy atom. The highest BCUT2D eigenvalue weighted by Gasteiger charge is 2.13. The number of benzene rings is 3. The lowest BCUT2D eigenvalue weighted by Gasteiger charge is -2.12. The average molecular weight is 502 g/mol. The van der Waals surface area contributed by atoms with Crippen LogP contribution in [-0.2, 0) is 9.59 Å². The van der Waals surface area contributed by atoms with E-state index in [-0.39, 0.29) is 35.1 Å². The summed E-state index contributed by atoms with van der Waals surface area (Å²) in [5.74, 6) is 0.0167. The van der Waals surface area contributed by atoms with Gasteiger partial charge in [-0.25, -0.2) is 0 Å². The number of amides is 2. The third kappa shape index (κ3) is 7.30. The van der Waals surface area contributed by atoms with Crippen molar-refractivity contribution in [2.24, 2.45) is 0 Å². The number of carbonyl (C=O) groups excluding carboxylic acids is 2. The van der Waals surface area contributed by atoms with Gasteiger partial charge in [0.05, 0.1) is 19.1 Å². The first kappa shape index (κ1) is 26.2. The van der Waals surface area contributed by atoms with Gasteiger partial charge >= 0.3 is 0 Å². The zero-order valence-electron chi connectivity index (χ0n) is 19.9. The molecule has 0 aliphatic rings. The standard InChI is InChI=1S/C26H22N4O7/c1-35-22-9-7-19(8-10-22)29-26(32)18(15-27)12-17-6-11-23(24(13-17)36-2)37-16-25(31)28-20-4-3-5-21(14-20)30(33)34/h3-14H,16H2,1-2H3,(H,28,31)(H,29,32)/b18-12-. The summed E-state index contributed by atoms with van der Waals surface area (Å²) < 4.78 is 15.9. The maximum atomic E-state index is 12.5. The normalized spacial score (nSPS) is 10.6. The fourth-order valence-corrected chi connectivity index (χ4v) is 3.12. The van der Waals surface area contributed by atoms with Gasteiger partial charge in [-0.15, -0.1) is 0 Å². The van der Waals surface area contributed by atoms with E-state index in [1.54, 1.807) is 36.4 Å². The Labute approximate surface area is 212 Å². The van der Waals surface area contributed by atoms with Gasteiger partial charge in [-0.05, 0) is 54.1 Å². The maximum Gasteiger partial charge on any atom is 0.271 e. The number of nitrogens with one attached hydrogen (secondary N) is 2. The van der Waals surface area contributed by atoms with Gasteiger partial charge in [0, 0.05) is 23.5 Å². The van der Waals surface area contributed by atoms with Gasteiger partial charge in [-0.1, -0.05) is 12.1 Å². The summed E-state index contributed by atoms with van der Waals surface area (Å²) in [6, 6.07) is 18.7. The summed E-state index contributed by atoms with van der Waals surface area (Å²) in [5, 5.41) is 25.5. The zero-order chi connectivity index (χ0) is 26.8. The topological polar surface area (TPSA) is 153 Å². The van der Waals surface area contributed by atoms with Crippen LogP contribution in [-0.4, -0.2) is 37.6 Å². The van der Waals surface area contributed by atoms with Gasteiger partial charge in [0.15, 0.2) is 18.1 Å². The minimum atomic E-state index is -0.593. The number of nitro benzene ring substituents is 1. The number of nitriles is 1. The van der Waals surface area contributed by atoms with Crippen LogP contribution >= 0.6 is 0 Å². The summed E-state index contributed by atoms with van der Waals surface area (Å²) in [4.78, 5) is 35.1. The number of nitrogens with zero attached hydrogens (tertiary/aromatic N) is 2. The van der Waals surface area contributed by atoms with Crippen molar-refractivity contribution in [1.29, 1.82) is 5.26 Å². The predicted octanol–water partition coefficient (Wildman–Crippen LogP) is 4.18. The van der Waals surface area contributed by atoms with Crippen LogP contribution in [0.2, 0.25) is 0 Å². The van der Waals surface area contributed by atoms with Gasteiger partial charge in [-0.3, -0.25) is 19.7 Å². The zero-order valence-corrected chi connectivity index (χ0v) is 19.9. The second-order valence-electron chi connectivity index (χ2n) is 7.41. The minimum Gasteiger partial charge on any atom is -0.497 e. The molecule has 3 aromatic rings.